The van der Waals surface area contributed by atoms with Gasteiger partial charge in [-0.05, 0) is 26.7 Å². The van der Waals surface area contributed by atoms with Crippen molar-refractivity contribution in [3.63, 3.8) is 0 Å². The van der Waals surface area contributed by atoms with Crippen molar-refractivity contribution < 1.29 is 38.7 Å². The van der Waals surface area contributed by atoms with Crippen LogP contribution in [0.1, 0.15) is 59.3 Å². The van der Waals surface area contributed by atoms with Gasteiger partial charge < -0.3 is 29.2 Å². The second-order valence-electron chi connectivity index (χ2n) is 6.23. The maximum atomic E-state index is 12.1. The van der Waals surface area contributed by atoms with Gasteiger partial charge in [0.05, 0.1) is 13.2 Å². The van der Waals surface area contributed by atoms with Crippen molar-refractivity contribution in [2.45, 2.75) is 90.0 Å². The molecule has 0 spiro atoms. The molecule has 0 radical (unpaired) electrons. The lowest BCUT2D eigenvalue weighted by atomic mass is 10.0. The molecule has 0 bridgehead atoms. The number of rotatable bonds is 12. The summed E-state index contributed by atoms with van der Waals surface area (Å²) in [5.41, 5.74) is 0. The van der Waals surface area contributed by atoms with E-state index in [9.17, 15) is 19.8 Å². The smallest absolute Gasteiger partial charge is 0.338 e. The first-order chi connectivity index (χ1) is 12.5. The van der Waals surface area contributed by atoms with Crippen LogP contribution in [0.25, 0.3) is 0 Å². The quantitative estimate of drug-likeness (QED) is 0.387. The molecule has 5 atom stereocenters. The fourth-order valence-corrected chi connectivity index (χ4v) is 2.79. The molecule has 0 aromatic heterocycles. The number of ether oxygens (including phenoxy) is 4. The Morgan fingerprint density at radius 2 is 1.62 bits per heavy atom. The van der Waals surface area contributed by atoms with Crippen molar-refractivity contribution in [3.05, 3.63) is 0 Å². The van der Waals surface area contributed by atoms with Crippen LogP contribution in [0.2, 0.25) is 0 Å². The van der Waals surface area contributed by atoms with Crippen LogP contribution < -0.4 is 0 Å². The Morgan fingerprint density at radius 1 is 0.962 bits per heavy atom. The molecule has 1 aliphatic heterocycles. The molecule has 26 heavy (non-hydrogen) atoms. The first kappa shape index (κ1) is 22.8. The Hall–Kier alpha value is -1.22. The first-order valence-corrected chi connectivity index (χ1v) is 9.46. The average molecular weight is 376 g/mol. The number of carbonyl (C=O) groups excluding carboxylic acids is 2. The molecule has 2 N–H and O–H groups in total. The molecule has 8 heteroatoms. The van der Waals surface area contributed by atoms with Gasteiger partial charge in [-0.2, -0.15) is 0 Å². The number of aliphatic hydroxyl groups excluding tert-OH is 2. The van der Waals surface area contributed by atoms with Crippen molar-refractivity contribution >= 4 is 11.9 Å². The Balaban J connectivity index is 2.68. The molecular formula is C18H32O8. The third-order valence-corrected chi connectivity index (χ3v) is 4.16. The molecule has 1 saturated heterocycles. The van der Waals surface area contributed by atoms with Crippen molar-refractivity contribution in [1.82, 2.24) is 0 Å². The summed E-state index contributed by atoms with van der Waals surface area (Å²) < 4.78 is 20.8. The van der Waals surface area contributed by atoms with Crippen LogP contribution in [-0.4, -0.2) is 66.1 Å². The normalized spacial score (nSPS) is 24.9. The molecule has 1 unspecified atom stereocenters. The summed E-state index contributed by atoms with van der Waals surface area (Å²) in [7, 11) is 0. The van der Waals surface area contributed by atoms with E-state index >= 15 is 0 Å². The van der Waals surface area contributed by atoms with Crippen LogP contribution in [0.4, 0.5) is 0 Å². The highest BCUT2D eigenvalue weighted by Gasteiger charge is 2.48. The Bertz CT molecular complexity index is 427. The largest absolute Gasteiger partial charge is 0.464 e. The summed E-state index contributed by atoms with van der Waals surface area (Å²) in [5.74, 6) is -1.67. The molecule has 1 rings (SSSR count). The molecule has 152 valence electrons. The Kier molecular flexibility index (Phi) is 10.7. The van der Waals surface area contributed by atoms with Gasteiger partial charge in [0.1, 0.15) is 12.2 Å². The van der Waals surface area contributed by atoms with Crippen molar-refractivity contribution in [2.24, 2.45) is 0 Å². The molecule has 0 amide bonds. The molecule has 0 aromatic rings. The van der Waals surface area contributed by atoms with Gasteiger partial charge in [-0.25, -0.2) is 9.59 Å². The molecule has 1 heterocycles. The average Bonchev–Trinajstić information content (AvgIpc) is 3.05. The molecule has 1 aliphatic rings. The van der Waals surface area contributed by atoms with Crippen LogP contribution >= 0.6 is 0 Å². The first-order valence-electron chi connectivity index (χ1n) is 9.46. The summed E-state index contributed by atoms with van der Waals surface area (Å²) in [6.07, 6.45) is -0.757. The molecule has 0 saturated carbocycles. The fraction of sp³-hybridized carbons (Fsp3) is 0.889. The summed E-state index contributed by atoms with van der Waals surface area (Å²) in [6.45, 7) is 5.57. The van der Waals surface area contributed by atoms with E-state index in [1.165, 1.54) is 0 Å². The van der Waals surface area contributed by atoms with E-state index in [0.29, 0.717) is 6.42 Å². The molecule has 1 fully saturated rings. The third-order valence-electron chi connectivity index (χ3n) is 4.16. The summed E-state index contributed by atoms with van der Waals surface area (Å²) in [4.78, 5) is 23.8. The van der Waals surface area contributed by atoms with Gasteiger partial charge in [0.25, 0.3) is 0 Å². The number of carbonyl (C=O) groups is 2. The second kappa shape index (κ2) is 12.2. The van der Waals surface area contributed by atoms with E-state index in [0.717, 1.165) is 32.1 Å². The number of hydrogen-bond acceptors (Lipinski definition) is 8. The molecule has 8 nitrogen and oxygen atoms in total. The van der Waals surface area contributed by atoms with Crippen molar-refractivity contribution in [2.75, 3.05) is 13.2 Å². The van der Waals surface area contributed by atoms with Crippen LogP contribution in [0.5, 0.6) is 0 Å². The minimum atomic E-state index is -1.83. The zero-order valence-corrected chi connectivity index (χ0v) is 15.9. The lowest BCUT2D eigenvalue weighted by molar-refractivity contribution is -0.169. The van der Waals surface area contributed by atoms with E-state index in [4.69, 9.17) is 18.9 Å². The predicted octanol–water partition coefficient (Wildman–Crippen LogP) is 1.30. The minimum Gasteiger partial charge on any atom is -0.464 e. The van der Waals surface area contributed by atoms with Crippen LogP contribution in [0.15, 0.2) is 0 Å². The summed E-state index contributed by atoms with van der Waals surface area (Å²) >= 11 is 0. The monoisotopic (exact) mass is 376 g/mol. The Labute approximate surface area is 154 Å². The lowest BCUT2D eigenvalue weighted by Crippen LogP contribution is -2.49. The Morgan fingerprint density at radius 3 is 2.23 bits per heavy atom. The number of esters is 2. The number of unbranched alkanes of at least 4 members (excludes halogenated alkanes) is 4. The van der Waals surface area contributed by atoms with E-state index in [-0.39, 0.29) is 13.2 Å². The summed E-state index contributed by atoms with van der Waals surface area (Å²) in [5, 5.41) is 20.3. The zero-order valence-electron chi connectivity index (χ0n) is 15.9. The van der Waals surface area contributed by atoms with E-state index in [2.05, 4.69) is 6.92 Å². The maximum Gasteiger partial charge on any atom is 0.338 e. The van der Waals surface area contributed by atoms with Gasteiger partial charge in [-0.3, -0.25) is 0 Å². The topological polar surface area (TPSA) is 112 Å². The van der Waals surface area contributed by atoms with E-state index in [1.54, 1.807) is 13.8 Å². The zero-order chi connectivity index (χ0) is 19.5. The van der Waals surface area contributed by atoms with Gasteiger partial charge >= 0.3 is 11.9 Å². The number of hydrogen-bond donors (Lipinski definition) is 2. The predicted molar refractivity (Wildman–Crippen MR) is 92.2 cm³/mol. The van der Waals surface area contributed by atoms with Gasteiger partial charge in [-0.1, -0.05) is 32.6 Å². The van der Waals surface area contributed by atoms with E-state index < -0.39 is 42.6 Å². The highest BCUT2D eigenvalue weighted by Crippen LogP contribution is 2.28. The van der Waals surface area contributed by atoms with E-state index in [1.807, 2.05) is 0 Å². The molecule has 0 aliphatic carbocycles. The minimum absolute atomic E-state index is 0.0618. The van der Waals surface area contributed by atoms with Crippen molar-refractivity contribution in [1.29, 1.82) is 0 Å². The van der Waals surface area contributed by atoms with Gasteiger partial charge in [0.15, 0.2) is 18.5 Å². The summed E-state index contributed by atoms with van der Waals surface area (Å²) in [6, 6.07) is 0. The van der Waals surface area contributed by atoms with Crippen LogP contribution in [0, 0.1) is 0 Å². The molecule has 0 aromatic carbocycles. The van der Waals surface area contributed by atoms with Crippen molar-refractivity contribution in [3.8, 4) is 0 Å². The standard InChI is InChI=1S/C18H32O8/c1-4-7-8-9-10-11-12-25-15(16(26-12)18(22)24-6-3)13(19)14(20)17(21)23-5-2/h12-16,19-20H,4-11H2,1-3H3/t12?,13-,14-,15-,16+/m0/s1. The van der Waals surface area contributed by atoms with Gasteiger partial charge in [0.2, 0.25) is 0 Å². The number of aliphatic hydroxyl groups is 2. The third kappa shape index (κ3) is 6.83. The second-order valence-corrected chi connectivity index (χ2v) is 6.23. The fourth-order valence-electron chi connectivity index (χ4n) is 2.79. The highest BCUT2D eigenvalue weighted by molar-refractivity contribution is 5.77. The van der Waals surface area contributed by atoms with Crippen LogP contribution in [0.3, 0.4) is 0 Å². The highest BCUT2D eigenvalue weighted by atomic mass is 16.7. The van der Waals surface area contributed by atoms with Gasteiger partial charge in [-0.15, -0.1) is 0 Å². The maximum absolute atomic E-state index is 12.1. The van der Waals surface area contributed by atoms with Gasteiger partial charge in [0, 0.05) is 0 Å². The molecular weight excluding hydrogens is 344 g/mol. The lowest BCUT2D eigenvalue weighted by Gasteiger charge is -2.24. The SMILES string of the molecule is CCCCCCCC1O[C@@H]([C@@H](O)[C@H](O)C(=O)OCC)[C@H](C(=O)OCC)O1. The van der Waals surface area contributed by atoms with Crippen LogP contribution in [-0.2, 0) is 28.5 Å².